The monoisotopic (exact) mass is 220 g/mol. The number of carbonyl (C=O) groups excluding carboxylic acids is 1. The van der Waals surface area contributed by atoms with Crippen molar-refractivity contribution in [2.45, 2.75) is 38.0 Å². The van der Waals surface area contributed by atoms with Gasteiger partial charge >= 0.3 is 5.97 Å². The lowest BCUT2D eigenvalue weighted by Crippen LogP contribution is -2.10. The zero-order chi connectivity index (χ0) is 11.4. The third kappa shape index (κ3) is 2.38. The van der Waals surface area contributed by atoms with Crippen LogP contribution in [0.2, 0.25) is 0 Å². The van der Waals surface area contributed by atoms with Crippen LogP contribution in [-0.4, -0.2) is 23.0 Å². The highest BCUT2D eigenvalue weighted by Gasteiger charge is 2.17. The standard InChI is InChI=1S/C12H16N2O2/c1-16-12(15)11-13-7-10(8-14-11)9-5-3-2-4-6-9/h7-9H,2-6H2,1H3. The van der Waals surface area contributed by atoms with Gasteiger partial charge in [-0.3, -0.25) is 0 Å². The van der Waals surface area contributed by atoms with Gasteiger partial charge in [-0.1, -0.05) is 19.3 Å². The van der Waals surface area contributed by atoms with Crippen LogP contribution >= 0.6 is 0 Å². The summed E-state index contributed by atoms with van der Waals surface area (Å²) in [6.45, 7) is 0. The molecule has 0 aromatic carbocycles. The fourth-order valence-corrected chi connectivity index (χ4v) is 2.18. The highest BCUT2D eigenvalue weighted by molar-refractivity contribution is 5.84. The van der Waals surface area contributed by atoms with Gasteiger partial charge < -0.3 is 4.74 Å². The first kappa shape index (κ1) is 11.0. The molecule has 0 amide bonds. The number of esters is 1. The molecule has 0 N–H and O–H groups in total. The molecular formula is C12H16N2O2. The van der Waals surface area contributed by atoms with E-state index >= 15 is 0 Å². The van der Waals surface area contributed by atoms with E-state index in [2.05, 4.69) is 14.7 Å². The Hall–Kier alpha value is -1.45. The molecule has 1 fully saturated rings. The molecule has 2 rings (SSSR count). The number of hydrogen-bond acceptors (Lipinski definition) is 4. The summed E-state index contributed by atoms with van der Waals surface area (Å²) in [5, 5.41) is 0. The zero-order valence-corrected chi connectivity index (χ0v) is 9.48. The average Bonchev–Trinajstić information content (AvgIpc) is 2.39. The van der Waals surface area contributed by atoms with Gasteiger partial charge in [0.15, 0.2) is 0 Å². The Morgan fingerprint density at radius 1 is 1.25 bits per heavy atom. The molecule has 1 aliphatic rings. The smallest absolute Gasteiger partial charge is 0.376 e. The van der Waals surface area contributed by atoms with Crippen LogP contribution in [0.5, 0.6) is 0 Å². The summed E-state index contributed by atoms with van der Waals surface area (Å²) >= 11 is 0. The van der Waals surface area contributed by atoms with Gasteiger partial charge in [-0.05, 0) is 24.3 Å². The normalized spacial score (nSPS) is 17.1. The second-order valence-electron chi connectivity index (χ2n) is 4.17. The lowest BCUT2D eigenvalue weighted by atomic mass is 9.85. The van der Waals surface area contributed by atoms with E-state index in [1.807, 2.05) is 0 Å². The van der Waals surface area contributed by atoms with Gasteiger partial charge in [0.1, 0.15) is 0 Å². The number of hydrogen-bond donors (Lipinski definition) is 0. The van der Waals surface area contributed by atoms with Crippen LogP contribution in [0.3, 0.4) is 0 Å². The Morgan fingerprint density at radius 3 is 2.44 bits per heavy atom. The summed E-state index contributed by atoms with van der Waals surface area (Å²) in [6.07, 6.45) is 9.83. The molecule has 0 radical (unpaired) electrons. The zero-order valence-electron chi connectivity index (χ0n) is 9.48. The first-order valence-corrected chi connectivity index (χ1v) is 5.71. The Bertz CT molecular complexity index is 356. The maximum atomic E-state index is 11.2. The second-order valence-corrected chi connectivity index (χ2v) is 4.17. The predicted molar refractivity (Wildman–Crippen MR) is 59.2 cm³/mol. The number of ether oxygens (including phenoxy) is 1. The number of aromatic nitrogens is 2. The summed E-state index contributed by atoms with van der Waals surface area (Å²) in [5.74, 6) is 0.234. The van der Waals surface area contributed by atoms with Crippen molar-refractivity contribution in [3.8, 4) is 0 Å². The molecule has 86 valence electrons. The van der Waals surface area contributed by atoms with Crippen LogP contribution < -0.4 is 0 Å². The van der Waals surface area contributed by atoms with E-state index in [0.717, 1.165) is 5.56 Å². The number of carbonyl (C=O) groups is 1. The molecule has 1 saturated carbocycles. The molecule has 1 aromatic rings. The fraction of sp³-hybridized carbons (Fsp3) is 0.583. The molecule has 16 heavy (non-hydrogen) atoms. The maximum Gasteiger partial charge on any atom is 0.376 e. The predicted octanol–water partition coefficient (Wildman–Crippen LogP) is 2.31. The lowest BCUT2D eigenvalue weighted by molar-refractivity contribution is 0.0586. The van der Waals surface area contributed by atoms with E-state index in [-0.39, 0.29) is 5.82 Å². The topological polar surface area (TPSA) is 52.1 Å². The molecule has 1 aliphatic carbocycles. The maximum absolute atomic E-state index is 11.2. The van der Waals surface area contributed by atoms with Gasteiger partial charge in [0.25, 0.3) is 0 Å². The average molecular weight is 220 g/mol. The largest absolute Gasteiger partial charge is 0.463 e. The Labute approximate surface area is 95.1 Å². The summed E-state index contributed by atoms with van der Waals surface area (Å²) in [7, 11) is 1.33. The molecule has 4 heteroatoms. The molecule has 1 aromatic heterocycles. The highest BCUT2D eigenvalue weighted by Crippen LogP contribution is 2.31. The molecule has 0 spiro atoms. The van der Waals surface area contributed by atoms with Gasteiger partial charge in [0.2, 0.25) is 5.82 Å². The van der Waals surface area contributed by atoms with Crippen molar-refractivity contribution in [2.24, 2.45) is 0 Å². The van der Waals surface area contributed by atoms with E-state index in [4.69, 9.17) is 0 Å². The van der Waals surface area contributed by atoms with Gasteiger partial charge in [-0.25, -0.2) is 14.8 Å². The van der Waals surface area contributed by atoms with Crippen LogP contribution in [0.15, 0.2) is 12.4 Å². The van der Waals surface area contributed by atoms with Crippen molar-refractivity contribution in [2.75, 3.05) is 7.11 Å². The molecule has 0 atom stereocenters. The third-order valence-corrected chi connectivity index (χ3v) is 3.12. The summed E-state index contributed by atoms with van der Waals surface area (Å²) in [4.78, 5) is 19.2. The molecule has 0 bridgehead atoms. The first-order valence-electron chi connectivity index (χ1n) is 5.71. The lowest BCUT2D eigenvalue weighted by Gasteiger charge is -2.21. The fourth-order valence-electron chi connectivity index (χ4n) is 2.18. The van der Waals surface area contributed by atoms with Crippen LogP contribution in [-0.2, 0) is 4.74 Å². The van der Waals surface area contributed by atoms with Crippen LogP contribution in [0.4, 0.5) is 0 Å². The molecule has 4 nitrogen and oxygen atoms in total. The Morgan fingerprint density at radius 2 is 1.88 bits per heavy atom. The minimum atomic E-state index is -0.477. The van der Waals surface area contributed by atoms with Crippen molar-refractivity contribution in [1.29, 1.82) is 0 Å². The van der Waals surface area contributed by atoms with E-state index in [0.29, 0.717) is 5.92 Å². The van der Waals surface area contributed by atoms with Gasteiger partial charge in [0.05, 0.1) is 7.11 Å². The number of methoxy groups -OCH3 is 1. The van der Waals surface area contributed by atoms with Crippen molar-refractivity contribution in [3.05, 3.63) is 23.8 Å². The quantitative estimate of drug-likeness (QED) is 0.718. The van der Waals surface area contributed by atoms with E-state index in [9.17, 15) is 4.79 Å². The van der Waals surface area contributed by atoms with Crippen molar-refractivity contribution < 1.29 is 9.53 Å². The van der Waals surface area contributed by atoms with Crippen molar-refractivity contribution in [3.63, 3.8) is 0 Å². The van der Waals surface area contributed by atoms with Crippen LogP contribution in [0.1, 0.15) is 54.2 Å². The molecule has 0 saturated heterocycles. The van der Waals surface area contributed by atoms with Gasteiger partial charge in [0, 0.05) is 12.4 Å². The molecule has 0 unspecified atom stereocenters. The summed E-state index contributed by atoms with van der Waals surface area (Å²) < 4.78 is 4.56. The number of nitrogens with zero attached hydrogens (tertiary/aromatic N) is 2. The minimum Gasteiger partial charge on any atom is -0.463 e. The third-order valence-electron chi connectivity index (χ3n) is 3.12. The van der Waals surface area contributed by atoms with E-state index < -0.39 is 5.97 Å². The summed E-state index contributed by atoms with van der Waals surface area (Å²) in [5.41, 5.74) is 1.15. The Balaban J connectivity index is 2.09. The minimum absolute atomic E-state index is 0.141. The molecular weight excluding hydrogens is 204 g/mol. The second kappa shape index (κ2) is 5.05. The highest BCUT2D eigenvalue weighted by atomic mass is 16.5. The number of rotatable bonds is 2. The SMILES string of the molecule is COC(=O)c1ncc(C2CCCCC2)cn1. The molecule has 0 aliphatic heterocycles. The van der Waals surface area contributed by atoms with Crippen LogP contribution in [0.25, 0.3) is 0 Å². The van der Waals surface area contributed by atoms with E-state index in [1.54, 1.807) is 12.4 Å². The summed E-state index contributed by atoms with van der Waals surface area (Å²) in [6, 6.07) is 0. The van der Waals surface area contributed by atoms with E-state index in [1.165, 1.54) is 39.2 Å². The first-order chi connectivity index (χ1) is 7.81. The van der Waals surface area contributed by atoms with Crippen molar-refractivity contribution >= 4 is 5.97 Å². The van der Waals surface area contributed by atoms with Gasteiger partial charge in [-0.2, -0.15) is 0 Å². The van der Waals surface area contributed by atoms with Crippen molar-refractivity contribution in [1.82, 2.24) is 9.97 Å². The molecule has 1 heterocycles. The Kier molecular flexibility index (Phi) is 3.49. The van der Waals surface area contributed by atoms with Gasteiger partial charge in [-0.15, -0.1) is 0 Å². The van der Waals surface area contributed by atoms with Crippen LogP contribution in [0, 0.1) is 0 Å².